The van der Waals surface area contributed by atoms with Crippen molar-refractivity contribution in [3.05, 3.63) is 58.5 Å². The standard InChI is InChI=1S/C17H17N3O4/c1-17(16(23)24)10-5-11-19(17)15(22)13-8-9-14(21)20(18-13)12-6-3-2-4-7-12/h2-4,6-9H,5,10-11H2,1H3,(H,23,24). The molecule has 2 heterocycles. The highest BCUT2D eigenvalue weighted by molar-refractivity contribution is 5.96. The molecule has 1 atom stereocenters. The van der Waals surface area contributed by atoms with Gasteiger partial charge in [-0.2, -0.15) is 9.78 Å². The van der Waals surface area contributed by atoms with Gasteiger partial charge in [-0.25, -0.2) is 4.79 Å². The third kappa shape index (κ3) is 2.58. The zero-order chi connectivity index (χ0) is 17.3. The third-order valence-electron chi connectivity index (χ3n) is 4.37. The third-order valence-corrected chi connectivity index (χ3v) is 4.37. The largest absolute Gasteiger partial charge is 0.480 e. The summed E-state index contributed by atoms with van der Waals surface area (Å²) >= 11 is 0. The highest BCUT2D eigenvalue weighted by Gasteiger charge is 2.46. The molecule has 1 aliphatic heterocycles. The van der Waals surface area contributed by atoms with Crippen molar-refractivity contribution < 1.29 is 14.7 Å². The van der Waals surface area contributed by atoms with Gasteiger partial charge in [0, 0.05) is 12.6 Å². The van der Waals surface area contributed by atoms with Crippen molar-refractivity contribution >= 4 is 11.9 Å². The summed E-state index contributed by atoms with van der Waals surface area (Å²) in [6.07, 6.45) is 1.01. The first-order chi connectivity index (χ1) is 11.4. The van der Waals surface area contributed by atoms with Gasteiger partial charge in [-0.1, -0.05) is 18.2 Å². The molecule has 0 spiro atoms. The number of carboxylic acid groups (broad SMARTS) is 1. The monoisotopic (exact) mass is 327 g/mol. The van der Waals surface area contributed by atoms with Gasteiger partial charge in [-0.3, -0.25) is 9.59 Å². The van der Waals surface area contributed by atoms with E-state index in [0.717, 1.165) is 4.68 Å². The SMILES string of the molecule is CC1(C(=O)O)CCCN1C(=O)c1ccc(=O)n(-c2ccccc2)n1. The number of likely N-dealkylation sites (tertiary alicyclic amines) is 1. The normalized spacial score (nSPS) is 20.1. The van der Waals surface area contributed by atoms with Crippen LogP contribution in [-0.4, -0.2) is 43.7 Å². The molecule has 0 saturated carbocycles. The van der Waals surface area contributed by atoms with E-state index in [9.17, 15) is 19.5 Å². The van der Waals surface area contributed by atoms with Crippen LogP contribution in [0.1, 0.15) is 30.3 Å². The fourth-order valence-electron chi connectivity index (χ4n) is 2.93. The molecule has 1 saturated heterocycles. The maximum Gasteiger partial charge on any atom is 0.329 e. The van der Waals surface area contributed by atoms with Gasteiger partial charge >= 0.3 is 5.97 Å². The number of hydrogen-bond donors (Lipinski definition) is 1. The second-order valence-electron chi connectivity index (χ2n) is 5.94. The Balaban J connectivity index is 2.00. The van der Waals surface area contributed by atoms with E-state index in [2.05, 4.69) is 5.10 Å². The minimum absolute atomic E-state index is 0.0489. The molecular weight excluding hydrogens is 310 g/mol. The first-order valence-corrected chi connectivity index (χ1v) is 7.65. The van der Waals surface area contributed by atoms with Gasteiger partial charge in [-0.15, -0.1) is 0 Å². The molecule has 7 heteroatoms. The molecule has 1 N–H and O–H groups in total. The minimum atomic E-state index is -1.24. The molecule has 0 aliphatic carbocycles. The van der Waals surface area contributed by atoms with Crippen molar-refractivity contribution in [2.24, 2.45) is 0 Å². The lowest BCUT2D eigenvalue weighted by molar-refractivity contribution is -0.147. The van der Waals surface area contributed by atoms with Crippen LogP contribution in [0.5, 0.6) is 0 Å². The van der Waals surface area contributed by atoms with Gasteiger partial charge in [0.25, 0.3) is 11.5 Å². The lowest BCUT2D eigenvalue weighted by Crippen LogP contribution is -2.51. The smallest absolute Gasteiger partial charge is 0.329 e. The van der Waals surface area contributed by atoms with E-state index in [-0.39, 0.29) is 11.3 Å². The lowest BCUT2D eigenvalue weighted by atomic mass is 9.99. The van der Waals surface area contributed by atoms with E-state index in [4.69, 9.17) is 0 Å². The summed E-state index contributed by atoms with van der Waals surface area (Å²) in [5.74, 6) is -1.52. The number of aliphatic carboxylic acids is 1. The van der Waals surface area contributed by atoms with E-state index in [1.54, 1.807) is 24.3 Å². The molecule has 3 rings (SSSR count). The molecular formula is C17H17N3O4. The number of carbonyl (C=O) groups excluding carboxylic acids is 1. The van der Waals surface area contributed by atoms with Crippen LogP contribution in [0.2, 0.25) is 0 Å². The van der Waals surface area contributed by atoms with Crippen molar-refractivity contribution in [1.29, 1.82) is 0 Å². The van der Waals surface area contributed by atoms with E-state index in [1.807, 2.05) is 6.07 Å². The number of amides is 1. The Morgan fingerprint density at radius 3 is 2.54 bits per heavy atom. The van der Waals surface area contributed by atoms with Crippen molar-refractivity contribution in [2.45, 2.75) is 25.3 Å². The molecule has 2 aromatic rings. The maximum absolute atomic E-state index is 12.7. The summed E-state index contributed by atoms with van der Waals surface area (Å²) in [4.78, 5) is 37.6. The molecule has 7 nitrogen and oxygen atoms in total. The molecule has 24 heavy (non-hydrogen) atoms. The Morgan fingerprint density at radius 2 is 1.88 bits per heavy atom. The van der Waals surface area contributed by atoms with Crippen LogP contribution in [0.3, 0.4) is 0 Å². The quantitative estimate of drug-likeness (QED) is 0.917. The first-order valence-electron chi connectivity index (χ1n) is 7.65. The van der Waals surface area contributed by atoms with Gasteiger partial charge in [-0.05, 0) is 38.0 Å². The fraction of sp³-hybridized carbons (Fsp3) is 0.294. The zero-order valence-electron chi connectivity index (χ0n) is 13.2. The van der Waals surface area contributed by atoms with Gasteiger partial charge < -0.3 is 10.0 Å². The average molecular weight is 327 g/mol. The van der Waals surface area contributed by atoms with Crippen LogP contribution in [0.15, 0.2) is 47.3 Å². The van der Waals surface area contributed by atoms with E-state index in [1.165, 1.54) is 24.0 Å². The molecule has 0 bridgehead atoms. The second kappa shape index (κ2) is 5.92. The predicted octanol–water partition coefficient (Wildman–Crippen LogP) is 1.31. The van der Waals surface area contributed by atoms with Gasteiger partial charge in [0.05, 0.1) is 5.69 Å². The number of carboxylic acids is 1. The predicted molar refractivity (Wildman–Crippen MR) is 86.1 cm³/mol. The summed E-state index contributed by atoms with van der Waals surface area (Å²) in [7, 11) is 0. The average Bonchev–Trinajstić information content (AvgIpc) is 2.99. The number of aromatic nitrogens is 2. The molecule has 1 amide bonds. The van der Waals surface area contributed by atoms with E-state index >= 15 is 0 Å². The van der Waals surface area contributed by atoms with E-state index < -0.39 is 17.4 Å². The van der Waals surface area contributed by atoms with Crippen LogP contribution in [0.25, 0.3) is 5.69 Å². The number of hydrogen-bond acceptors (Lipinski definition) is 4. The lowest BCUT2D eigenvalue weighted by Gasteiger charge is -2.30. The molecule has 1 aromatic heterocycles. The van der Waals surface area contributed by atoms with E-state index in [0.29, 0.717) is 25.1 Å². The van der Waals surface area contributed by atoms with Crippen LogP contribution < -0.4 is 5.56 Å². The summed E-state index contributed by atoms with van der Waals surface area (Å²) in [6.45, 7) is 1.89. The van der Waals surface area contributed by atoms with Crippen molar-refractivity contribution in [2.75, 3.05) is 6.54 Å². The van der Waals surface area contributed by atoms with Crippen molar-refractivity contribution in [3.63, 3.8) is 0 Å². The summed E-state index contributed by atoms with van der Waals surface area (Å²) in [6, 6.07) is 11.4. The molecule has 1 aliphatic rings. The summed E-state index contributed by atoms with van der Waals surface area (Å²) in [5, 5.41) is 13.6. The van der Waals surface area contributed by atoms with Crippen LogP contribution in [0, 0.1) is 0 Å². The summed E-state index contributed by atoms with van der Waals surface area (Å²) < 4.78 is 1.14. The van der Waals surface area contributed by atoms with Gasteiger partial charge in [0.2, 0.25) is 0 Å². The second-order valence-corrected chi connectivity index (χ2v) is 5.94. The minimum Gasteiger partial charge on any atom is -0.480 e. The molecule has 1 fully saturated rings. The van der Waals surface area contributed by atoms with Crippen molar-refractivity contribution in [1.82, 2.24) is 14.7 Å². The highest BCUT2D eigenvalue weighted by atomic mass is 16.4. The number of para-hydroxylation sites is 1. The Hall–Kier alpha value is -2.96. The molecule has 0 radical (unpaired) electrons. The maximum atomic E-state index is 12.7. The molecule has 1 unspecified atom stereocenters. The van der Waals surface area contributed by atoms with Crippen LogP contribution in [-0.2, 0) is 4.79 Å². The first kappa shape index (κ1) is 15.9. The molecule has 124 valence electrons. The van der Waals surface area contributed by atoms with Crippen LogP contribution >= 0.6 is 0 Å². The molecule has 1 aromatic carbocycles. The van der Waals surface area contributed by atoms with Gasteiger partial charge in [0.1, 0.15) is 11.2 Å². The number of benzene rings is 1. The Bertz CT molecular complexity index is 846. The Labute approximate surface area is 138 Å². The Morgan fingerprint density at radius 1 is 1.17 bits per heavy atom. The zero-order valence-corrected chi connectivity index (χ0v) is 13.2. The number of nitrogens with zero attached hydrogens (tertiary/aromatic N) is 3. The fourth-order valence-corrected chi connectivity index (χ4v) is 2.93. The number of carbonyl (C=O) groups is 2. The van der Waals surface area contributed by atoms with Gasteiger partial charge in [0.15, 0.2) is 0 Å². The Kier molecular flexibility index (Phi) is 3.92. The van der Waals surface area contributed by atoms with Crippen molar-refractivity contribution in [3.8, 4) is 5.69 Å². The number of rotatable bonds is 3. The highest BCUT2D eigenvalue weighted by Crippen LogP contribution is 2.30. The van der Waals surface area contributed by atoms with Crippen LogP contribution in [0.4, 0.5) is 0 Å². The topological polar surface area (TPSA) is 92.5 Å². The summed E-state index contributed by atoms with van der Waals surface area (Å²) in [5.41, 5.74) is -1.01.